The van der Waals surface area contributed by atoms with E-state index in [0.717, 1.165) is 0 Å². The van der Waals surface area contributed by atoms with Gasteiger partial charge in [-0.2, -0.15) is 0 Å². The molecule has 8 amide bonds. The van der Waals surface area contributed by atoms with Crippen LogP contribution in [0.25, 0.3) is 0 Å². The molecule has 0 bridgehead atoms. The van der Waals surface area contributed by atoms with E-state index < -0.39 is 108 Å². The number of aliphatic carboxylic acids is 1. The second kappa shape index (κ2) is 30.7. The van der Waals surface area contributed by atoms with Gasteiger partial charge in [-0.25, -0.2) is 4.79 Å². The van der Waals surface area contributed by atoms with Gasteiger partial charge in [0.25, 0.3) is 0 Å². The van der Waals surface area contributed by atoms with Crippen molar-refractivity contribution in [2.45, 2.75) is 127 Å². The number of amides is 8. The van der Waals surface area contributed by atoms with Crippen LogP contribution in [0.4, 0.5) is 0 Å². The van der Waals surface area contributed by atoms with Crippen LogP contribution in [0.5, 0.6) is 0 Å². The molecule has 0 spiro atoms. The molecule has 1 aromatic heterocycles. The van der Waals surface area contributed by atoms with Crippen molar-refractivity contribution >= 4 is 59.2 Å². The van der Waals surface area contributed by atoms with Crippen LogP contribution in [0, 0.1) is 5.92 Å². The van der Waals surface area contributed by atoms with Gasteiger partial charge in [0.05, 0.1) is 12.7 Å². The number of hydrogen-bond acceptors (Lipinski definition) is 12. The third-order valence-corrected chi connectivity index (χ3v) is 11.5. The number of unbranched alkanes of at least 4 members (excludes halogenated alkanes) is 1. The molecule has 16 N–H and O–H groups in total. The molecule has 1 heterocycles. The average molecular weight is 1000 g/mol. The number of carbonyl (C=O) groups excluding carboxylic acids is 8. The van der Waals surface area contributed by atoms with Crippen molar-refractivity contribution in [3.63, 3.8) is 0 Å². The van der Waals surface area contributed by atoms with Gasteiger partial charge in [0.1, 0.15) is 48.1 Å². The maximum atomic E-state index is 14.6. The van der Waals surface area contributed by atoms with Crippen LogP contribution in [0.15, 0.2) is 88.5 Å². The van der Waals surface area contributed by atoms with Crippen molar-refractivity contribution in [2.24, 2.45) is 33.8 Å². The van der Waals surface area contributed by atoms with E-state index in [9.17, 15) is 48.3 Å². The number of carbonyl (C=O) groups is 9. The zero-order valence-electron chi connectivity index (χ0n) is 40.9. The second-order valence-corrected chi connectivity index (χ2v) is 17.3. The van der Waals surface area contributed by atoms with Crippen LogP contribution in [-0.2, 0) is 62.4 Å². The maximum Gasteiger partial charge on any atom is 0.326 e. The molecule has 0 aliphatic heterocycles. The molecule has 72 heavy (non-hydrogen) atoms. The first-order valence-electron chi connectivity index (χ1n) is 23.8. The quantitative estimate of drug-likeness (QED) is 0.0201. The highest BCUT2D eigenvalue weighted by atomic mass is 16.4. The van der Waals surface area contributed by atoms with E-state index in [-0.39, 0.29) is 57.6 Å². The van der Waals surface area contributed by atoms with E-state index in [2.05, 4.69) is 42.2 Å². The van der Waals surface area contributed by atoms with Crippen LogP contribution in [0.2, 0.25) is 0 Å². The largest absolute Gasteiger partial charge is 0.480 e. The van der Waals surface area contributed by atoms with Gasteiger partial charge in [-0.3, -0.25) is 43.3 Å². The van der Waals surface area contributed by atoms with Gasteiger partial charge in [-0.05, 0) is 67.8 Å². The molecule has 0 radical (unpaired) electrons. The minimum atomic E-state index is -1.62. The Morgan fingerprint density at radius 1 is 0.583 bits per heavy atom. The molecule has 0 saturated carbocycles. The van der Waals surface area contributed by atoms with E-state index in [1.165, 1.54) is 13.2 Å². The molecule has 0 aliphatic rings. The molecule has 0 aliphatic carbocycles. The number of primary amides is 1. The minimum Gasteiger partial charge on any atom is -0.480 e. The monoisotopic (exact) mass is 1000 g/mol. The SMILES string of the molecule is CC[C@H](C)[C@H](NC(=O)[C@H](CC(N)=O)NC(=O)[C@H](CCCCN)NC(=O)[C@H](Cc1ccccc1)NC(=O)[C@H](Cc1ccccc1)NC(=O)[C@H](CCCN=C(N)N)NC(=O)[C@H](Cc1ccco1)NC(C)=O)C(=O)O. The van der Waals surface area contributed by atoms with Gasteiger partial charge in [0.2, 0.25) is 47.3 Å². The molecule has 8 atom stereocenters. The first-order chi connectivity index (χ1) is 34.3. The summed E-state index contributed by atoms with van der Waals surface area (Å²) in [6.07, 6.45) is 1.76. The van der Waals surface area contributed by atoms with E-state index >= 15 is 0 Å². The van der Waals surface area contributed by atoms with Crippen molar-refractivity contribution in [3.05, 3.63) is 95.9 Å². The topological polar surface area (TPSA) is 388 Å². The Balaban J connectivity index is 1.99. The molecule has 3 aromatic rings. The van der Waals surface area contributed by atoms with E-state index in [1.54, 1.807) is 86.6 Å². The van der Waals surface area contributed by atoms with Crippen molar-refractivity contribution in [1.29, 1.82) is 0 Å². The fourth-order valence-corrected chi connectivity index (χ4v) is 7.45. The third-order valence-electron chi connectivity index (χ3n) is 11.5. The van der Waals surface area contributed by atoms with Gasteiger partial charge >= 0.3 is 5.97 Å². The van der Waals surface area contributed by atoms with Gasteiger partial charge < -0.3 is 69.7 Å². The lowest BCUT2D eigenvalue weighted by Crippen LogP contribution is -2.61. The van der Waals surface area contributed by atoms with Crippen molar-refractivity contribution in [2.75, 3.05) is 13.1 Å². The van der Waals surface area contributed by atoms with Gasteiger partial charge in [0, 0.05) is 32.7 Å². The molecular weight excluding hydrogens is 933 g/mol. The molecule has 0 saturated heterocycles. The summed E-state index contributed by atoms with van der Waals surface area (Å²) in [5.74, 6) is -8.22. The Hall–Kier alpha value is -7.82. The number of rotatable bonds is 32. The number of furan rings is 1. The normalized spacial score (nSPS) is 14.2. The summed E-state index contributed by atoms with van der Waals surface area (Å²) in [5.41, 5.74) is 23.4. The summed E-state index contributed by atoms with van der Waals surface area (Å²) in [5, 5.41) is 28.1. The van der Waals surface area contributed by atoms with Crippen molar-refractivity contribution < 1.29 is 52.7 Å². The molecule has 0 fully saturated rings. The lowest BCUT2D eigenvalue weighted by atomic mass is 9.98. The third kappa shape index (κ3) is 21.0. The molecular formula is C49H70N12O11. The zero-order valence-corrected chi connectivity index (χ0v) is 40.9. The van der Waals surface area contributed by atoms with E-state index in [4.69, 9.17) is 27.4 Å². The summed E-state index contributed by atoms with van der Waals surface area (Å²) < 4.78 is 5.40. The number of carboxylic acid groups (broad SMARTS) is 1. The lowest BCUT2D eigenvalue weighted by Gasteiger charge is -2.28. The molecule has 3 rings (SSSR count). The summed E-state index contributed by atoms with van der Waals surface area (Å²) in [6.45, 7) is 4.90. The molecule has 23 nitrogen and oxygen atoms in total. The highest BCUT2D eigenvalue weighted by Gasteiger charge is 2.35. The molecule has 0 unspecified atom stereocenters. The number of nitrogens with one attached hydrogen (secondary N) is 7. The number of guanidine groups is 1. The Kier molecular flexibility index (Phi) is 25.0. The van der Waals surface area contributed by atoms with Crippen LogP contribution in [0.1, 0.15) is 82.6 Å². The number of carboxylic acids is 1. The Morgan fingerprint density at radius 2 is 1.04 bits per heavy atom. The van der Waals surface area contributed by atoms with Gasteiger partial charge in [0.15, 0.2) is 5.96 Å². The molecule has 2 aromatic carbocycles. The molecule has 392 valence electrons. The average Bonchev–Trinajstić information content (AvgIpc) is 3.86. The fraction of sp³-hybridized carbons (Fsp3) is 0.469. The first kappa shape index (κ1) is 58.5. The Bertz CT molecular complexity index is 2280. The van der Waals surface area contributed by atoms with Crippen LogP contribution in [0.3, 0.4) is 0 Å². The summed E-state index contributed by atoms with van der Waals surface area (Å²) in [6, 6.07) is 11.0. The predicted molar refractivity (Wildman–Crippen MR) is 266 cm³/mol. The summed E-state index contributed by atoms with van der Waals surface area (Å²) in [7, 11) is 0. The number of aliphatic imine (C=N–C) groups is 1. The fourth-order valence-electron chi connectivity index (χ4n) is 7.45. The van der Waals surface area contributed by atoms with Crippen LogP contribution >= 0.6 is 0 Å². The standard InChI is InChI=1S/C49H70N12O11/c1-4-29(2)41(48(70)71)61-47(69)39(28-40(51)63)60-42(64)34(20-11-12-22-50)56-44(66)36(25-31-15-7-5-8-16-31)59-45(67)37(26-32-17-9-6-10-18-32)58-43(65)35(21-13-23-54-49(52)53)57-46(68)38(55-30(3)62)27-33-19-14-24-72-33/h5-10,14-19,24,29,34-39,41H,4,11-13,20-23,25-28,50H2,1-3H3,(H2,51,63)(H,55,62)(H,56,66)(H,57,68)(H,58,65)(H,59,67)(H,60,64)(H,61,69)(H,70,71)(H4,52,53,54)/t29-,34-,35-,36-,37-,38-,39-,41-/m0/s1. The number of benzene rings is 2. The van der Waals surface area contributed by atoms with Gasteiger partial charge in [-0.15, -0.1) is 0 Å². The maximum absolute atomic E-state index is 14.6. The Labute approximate surface area is 418 Å². The summed E-state index contributed by atoms with van der Waals surface area (Å²) >= 11 is 0. The van der Waals surface area contributed by atoms with E-state index in [0.29, 0.717) is 36.1 Å². The van der Waals surface area contributed by atoms with Crippen molar-refractivity contribution in [1.82, 2.24) is 37.2 Å². The van der Waals surface area contributed by atoms with Crippen LogP contribution < -0.4 is 60.2 Å². The number of nitrogens with two attached hydrogens (primary N) is 4. The Morgan fingerprint density at radius 3 is 1.47 bits per heavy atom. The van der Waals surface area contributed by atoms with Gasteiger partial charge in [-0.1, -0.05) is 80.9 Å². The van der Waals surface area contributed by atoms with E-state index in [1.807, 2.05) is 0 Å². The zero-order chi connectivity index (χ0) is 53.2. The summed E-state index contributed by atoms with van der Waals surface area (Å²) in [4.78, 5) is 125. The smallest absolute Gasteiger partial charge is 0.326 e. The minimum absolute atomic E-state index is 0.0103. The highest BCUT2D eigenvalue weighted by Crippen LogP contribution is 2.13. The van der Waals surface area contributed by atoms with Crippen molar-refractivity contribution in [3.8, 4) is 0 Å². The lowest BCUT2D eigenvalue weighted by molar-refractivity contribution is -0.144. The molecule has 23 heteroatoms. The first-order valence-corrected chi connectivity index (χ1v) is 23.8. The van der Waals surface area contributed by atoms with Crippen LogP contribution in [-0.4, -0.2) is 120 Å². The number of nitrogens with zero attached hydrogens (tertiary/aromatic N) is 1. The predicted octanol–water partition coefficient (Wildman–Crippen LogP) is -1.09. The number of hydrogen-bond donors (Lipinski definition) is 12. The second-order valence-electron chi connectivity index (χ2n) is 17.3. The highest BCUT2D eigenvalue weighted by molar-refractivity contribution is 5.98.